The summed E-state index contributed by atoms with van der Waals surface area (Å²) in [6.07, 6.45) is 5.67. The van der Waals surface area contributed by atoms with Crippen LogP contribution in [-0.2, 0) is 0 Å². The number of amides is 1. The number of hydrogen-bond donors (Lipinski definition) is 0. The maximum Gasteiger partial charge on any atom is 0.277 e. The number of nitro groups is 1. The van der Waals surface area contributed by atoms with E-state index in [0.717, 1.165) is 31.2 Å². The number of nitrogens with zero attached hydrogens (tertiary/aromatic N) is 4. The minimum absolute atomic E-state index is 0.0397. The third kappa shape index (κ3) is 3.77. The second kappa shape index (κ2) is 7.94. The fourth-order valence-corrected chi connectivity index (χ4v) is 7.98. The average molecular weight is 400 g/mol. The van der Waals surface area contributed by atoms with Crippen LogP contribution in [0.5, 0.6) is 0 Å². The highest BCUT2D eigenvalue weighted by atomic mass is 31.2. The summed E-state index contributed by atoms with van der Waals surface area (Å²) in [6.45, 7) is 8.21. The summed E-state index contributed by atoms with van der Waals surface area (Å²) in [4.78, 5) is 27.7. The molecule has 0 N–H and O–H groups in total. The van der Waals surface area contributed by atoms with Crippen LogP contribution in [0.1, 0.15) is 44.0 Å². The summed E-state index contributed by atoms with van der Waals surface area (Å²) in [7, 11) is -2.40. The van der Waals surface area contributed by atoms with E-state index in [4.69, 9.17) is 4.74 Å². The Balaban J connectivity index is 2.17. The van der Waals surface area contributed by atoms with Gasteiger partial charge in [-0.15, -0.1) is 0 Å². The molecular formula is C20H25N4O3P. The van der Waals surface area contributed by atoms with Crippen molar-refractivity contribution in [3.63, 3.8) is 0 Å². The van der Waals surface area contributed by atoms with Crippen molar-refractivity contribution in [2.24, 2.45) is 4.74 Å². The Kier molecular flexibility index (Phi) is 5.77. The summed E-state index contributed by atoms with van der Waals surface area (Å²) < 4.78 is 7.26. The molecule has 7 nitrogen and oxygen atoms in total. The zero-order valence-electron chi connectivity index (χ0n) is 16.4. The molecule has 0 unspecified atom stereocenters. The molecule has 0 radical (unpaired) electrons. The van der Waals surface area contributed by atoms with Crippen LogP contribution in [-0.4, -0.2) is 38.7 Å². The lowest BCUT2D eigenvalue weighted by molar-refractivity contribution is -0.384. The Morgan fingerprint density at radius 1 is 1.11 bits per heavy atom. The highest BCUT2D eigenvalue weighted by Crippen LogP contribution is 2.63. The first kappa shape index (κ1) is 20.4. The molecule has 2 heterocycles. The third-order valence-electron chi connectivity index (χ3n) is 5.01. The van der Waals surface area contributed by atoms with Gasteiger partial charge in [-0.3, -0.25) is 24.6 Å². The second-order valence-corrected chi connectivity index (χ2v) is 11.7. The molecule has 1 aromatic carbocycles. The van der Waals surface area contributed by atoms with E-state index in [1.54, 1.807) is 12.4 Å². The quantitative estimate of drug-likeness (QED) is 0.429. The highest BCUT2D eigenvalue weighted by Gasteiger charge is 2.42. The van der Waals surface area contributed by atoms with Crippen LogP contribution < -0.4 is 5.30 Å². The second-order valence-electron chi connectivity index (χ2n) is 7.85. The molecule has 1 aromatic heterocycles. The van der Waals surface area contributed by atoms with E-state index in [0.29, 0.717) is 5.56 Å². The molecule has 8 heteroatoms. The predicted molar refractivity (Wildman–Crippen MR) is 111 cm³/mol. The number of pyridine rings is 1. The molecule has 1 saturated heterocycles. The van der Waals surface area contributed by atoms with Crippen LogP contribution >= 0.6 is 7.21 Å². The number of non-ortho nitro benzene ring substituents is 1. The standard InChI is InChI=1S/C20H25N4O3P/c1-20(2,3)28(23-14-4-5-15-23,18-10-12-21-13-11-18)22-19(25)16-6-8-17(9-7-16)24(26)27/h6-13H,4-5,14-15H2,1-3H3/t28-/m1/s1. The zero-order valence-corrected chi connectivity index (χ0v) is 17.3. The van der Waals surface area contributed by atoms with Crippen LogP contribution in [0.4, 0.5) is 5.69 Å². The lowest BCUT2D eigenvalue weighted by Gasteiger charge is -2.43. The van der Waals surface area contributed by atoms with Gasteiger partial charge in [-0.05, 0) is 37.1 Å². The SMILES string of the molecule is CC(C)(C)[P@@](=NC(=O)c1ccc([N+](=O)[O-])cc1)(c1ccncc1)N1CCCC1. The Morgan fingerprint density at radius 2 is 1.68 bits per heavy atom. The number of hydrogen-bond acceptors (Lipinski definition) is 4. The van der Waals surface area contributed by atoms with Gasteiger partial charge in [-0.1, -0.05) is 20.8 Å². The number of nitro benzene ring substituents is 1. The van der Waals surface area contributed by atoms with Gasteiger partial charge in [-0.25, -0.2) is 4.74 Å². The minimum Gasteiger partial charge on any atom is -0.267 e. The summed E-state index contributed by atoms with van der Waals surface area (Å²) in [5.41, 5.74) is 0.328. The van der Waals surface area contributed by atoms with Crippen LogP contribution in [0.3, 0.4) is 0 Å². The van der Waals surface area contributed by atoms with Gasteiger partial charge in [-0.2, -0.15) is 0 Å². The predicted octanol–water partition coefficient (Wildman–Crippen LogP) is 4.47. The lowest BCUT2D eigenvalue weighted by Crippen LogP contribution is -2.35. The van der Waals surface area contributed by atoms with Crippen molar-refractivity contribution in [1.29, 1.82) is 0 Å². The van der Waals surface area contributed by atoms with Crippen LogP contribution in [0, 0.1) is 10.1 Å². The van der Waals surface area contributed by atoms with Crippen LogP contribution in [0.25, 0.3) is 0 Å². The van der Waals surface area contributed by atoms with E-state index in [1.807, 2.05) is 12.1 Å². The van der Waals surface area contributed by atoms with E-state index < -0.39 is 12.1 Å². The molecule has 1 aliphatic rings. The largest absolute Gasteiger partial charge is 0.277 e. The summed E-state index contributed by atoms with van der Waals surface area (Å²) in [5.74, 6) is -0.332. The van der Waals surface area contributed by atoms with Crippen LogP contribution in [0.15, 0.2) is 53.5 Å². The van der Waals surface area contributed by atoms with E-state index in [9.17, 15) is 14.9 Å². The minimum atomic E-state index is -2.40. The summed E-state index contributed by atoms with van der Waals surface area (Å²) in [5, 5.41) is 11.7. The third-order valence-corrected chi connectivity index (χ3v) is 9.59. The van der Waals surface area contributed by atoms with Crippen molar-refractivity contribution in [1.82, 2.24) is 9.65 Å². The molecule has 0 bridgehead atoms. The van der Waals surface area contributed by atoms with Gasteiger partial charge in [0, 0.05) is 53.6 Å². The molecule has 1 fully saturated rings. The van der Waals surface area contributed by atoms with Crippen molar-refractivity contribution in [3.8, 4) is 0 Å². The topological polar surface area (TPSA) is 88.7 Å². The summed E-state index contributed by atoms with van der Waals surface area (Å²) in [6, 6.07) is 9.59. The molecule has 28 heavy (non-hydrogen) atoms. The van der Waals surface area contributed by atoms with E-state index in [2.05, 4.69) is 30.4 Å². The Bertz CT molecular complexity index is 915. The molecule has 1 atom stereocenters. The maximum absolute atomic E-state index is 13.2. The van der Waals surface area contributed by atoms with E-state index >= 15 is 0 Å². The first-order valence-corrected chi connectivity index (χ1v) is 11.0. The number of benzene rings is 1. The van der Waals surface area contributed by atoms with Crippen molar-refractivity contribution in [2.75, 3.05) is 13.1 Å². The molecule has 0 aliphatic carbocycles. The molecule has 2 aromatic rings. The van der Waals surface area contributed by atoms with Gasteiger partial charge in [0.2, 0.25) is 0 Å². The monoisotopic (exact) mass is 400 g/mol. The van der Waals surface area contributed by atoms with Gasteiger partial charge in [0.05, 0.1) is 12.1 Å². The molecule has 1 aliphatic heterocycles. The molecule has 1 amide bonds. The maximum atomic E-state index is 13.2. The van der Waals surface area contributed by atoms with Gasteiger partial charge >= 0.3 is 0 Å². The zero-order chi connectivity index (χ0) is 20.4. The molecular weight excluding hydrogens is 375 g/mol. The number of carbonyl (C=O) groups excluding carboxylic acids is 1. The molecule has 3 rings (SSSR count). The normalized spacial score (nSPS) is 17.1. The van der Waals surface area contributed by atoms with Crippen molar-refractivity contribution in [3.05, 3.63) is 64.5 Å². The Hall–Kier alpha value is -2.37. The van der Waals surface area contributed by atoms with Crippen molar-refractivity contribution < 1.29 is 9.72 Å². The lowest BCUT2D eigenvalue weighted by atomic mass is 10.2. The molecule has 148 valence electrons. The van der Waals surface area contributed by atoms with Crippen LogP contribution in [0.2, 0.25) is 0 Å². The van der Waals surface area contributed by atoms with Gasteiger partial charge in [0.25, 0.3) is 11.6 Å². The first-order chi connectivity index (χ1) is 13.3. The van der Waals surface area contributed by atoms with Gasteiger partial charge < -0.3 is 0 Å². The smallest absolute Gasteiger partial charge is 0.267 e. The molecule has 0 spiro atoms. The van der Waals surface area contributed by atoms with Crippen molar-refractivity contribution >= 4 is 24.1 Å². The van der Waals surface area contributed by atoms with E-state index in [1.165, 1.54) is 24.3 Å². The average Bonchev–Trinajstić information content (AvgIpc) is 3.20. The van der Waals surface area contributed by atoms with E-state index in [-0.39, 0.29) is 16.8 Å². The fourth-order valence-electron chi connectivity index (χ4n) is 3.70. The van der Waals surface area contributed by atoms with Crippen molar-refractivity contribution in [2.45, 2.75) is 38.8 Å². The van der Waals surface area contributed by atoms with Gasteiger partial charge in [0.1, 0.15) is 0 Å². The number of carbonyl (C=O) groups is 1. The van der Waals surface area contributed by atoms with Gasteiger partial charge in [0.15, 0.2) is 0 Å². The molecule has 0 saturated carbocycles. The Labute approximate surface area is 165 Å². The highest BCUT2D eigenvalue weighted by molar-refractivity contribution is 7.73. The Morgan fingerprint density at radius 3 is 2.18 bits per heavy atom. The number of aromatic nitrogens is 1. The summed E-state index contributed by atoms with van der Waals surface area (Å²) >= 11 is 0. The fraction of sp³-hybridized carbons (Fsp3) is 0.400. The number of rotatable bonds is 4. The first-order valence-electron chi connectivity index (χ1n) is 9.33.